The van der Waals surface area contributed by atoms with Crippen LogP contribution in [0.25, 0.3) is 0 Å². The van der Waals surface area contributed by atoms with Gasteiger partial charge >= 0.3 is 0 Å². The monoisotopic (exact) mass is 432 g/mol. The Balaban J connectivity index is 1.51. The minimum absolute atomic E-state index is 0.0144. The van der Waals surface area contributed by atoms with Crippen molar-refractivity contribution in [3.63, 3.8) is 0 Å². The number of carbonyl (C=O) groups is 2. The Kier molecular flexibility index (Phi) is 7.20. The third kappa shape index (κ3) is 5.42. The van der Waals surface area contributed by atoms with E-state index in [0.29, 0.717) is 32.1 Å². The Bertz CT molecular complexity index is 763. The van der Waals surface area contributed by atoms with Crippen molar-refractivity contribution in [2.24, 2.45) is 0 Å². The van der Waals surface area contributed by atoms with Crippen LogP contribution in [0, 0.1) is 5.82 Å². The van der Waals surface area contributed by atoms with E-state index in [0.717, 1.165) is 44.5 Å². The van der Waals surface area contributed by atoms with Crippen LogP contribution in [0.2, 0.25) is 0 Å². The number of ether oxygens (including phenoxy) is 1. The molecule has 2 aliphatic heterocycles. The molecule has 7 nitrogen and oxygen atoms in total. The van der Waals surface area contributed by atoms with Crippen LogP contribution < -0.4 is 5.32 Å². The standard InChI is InChI=1S/C23H33FN4O3/c1-31-16-22(29)28-15-20(13-21(28)23(30)26-11-2-9-25-10-12-26)27(19-7-8-19)14-17-3-5-18(24)6-4-17/h3-6,19-21,25H,2,7-16H2,1H3. The van der Waals surface area contributed by atoms with Crippen molar-refractivity contribution >= 4 is 11.8 Å². The van der Waals surface area contributed by atoms with Gasteiger partial charge < -0.3 is 19.9 Å². The van der Waals surface area contributed by atoms with Crippen LogP contribution in [-0.2, 0) is 20.9 Å². The summed E-state index contributed by atoms with van der Waals surface area (Å²) in [6, 6.07) is 6.75. The number of amides is 2. The van der Waals surface area contributed by atoms with Crippen LogP contribution in [-0.4, -0.2) is 91.1 Å². The highest BCUT2D eigenvalue weighted by Gasteiger charge is 2.46. The second-order valence-electron chi connectivity index (χ2n) is 8.84. The van der Waals surface area contributed by atoms with Gasteiger partial charge in [-0.1, -0.05) is 12.1 Å². The summed E-state index contributed by atoms with van der Waals surface area (Å²) in [4.78, 5) is 32.3. The van der Waals surface area contributed by atoms with Gasteiger partial charge in [-0.3, -0.25) is 14.5 Å². The first-order valence-electron chi connectivity index (χ1n) is 11.3. The van der Waals surface area contributed by atoms with E-state index in [4.69, 9.17) is 4.74 Å². The lowest BCUT2D eigenvalue weighted by atomic mass is 10.1. The zero-order valence-corrected chi connectivity index (χ0v) is 18.3. The van der Waals surface area contributed by atoms with Gasteiger partial charge in [0.1, 0.15) is 18.5 Å². The SMILES string of the molecule is COCC(=O)N1CC(N(Cc2ccc(F)cc2)C2CC2)CC1C(=O)N1CCCNCC1. The van der Waals surface area contributed by atoms with Gasteiger partial charge in [0.15, 0.2) is 0 Å². The van der Waals surface area contributed by atoms with Gasteiger partial charge in [0.25, 0.3) is 0 Å². The fourth-order valence-corrected chi connectivity index (χ4v) is 4.81. The van der Waals surface area contributed by atoms with Gasteiger partial charge in [0.05, 0.1) is 0 Å². The number of methoxy groups -OCH3 is 1. The zero-order chi connectivity index (χ0) is 21.8. The molecule has 2 heterocycles. The molecule has 0 aromatic heterocycles. The number of nitrogens with one attached hydrogen (secondary N) is 1. The molecule has 2 amide bonds. The molecular formula is C23H33FN4O3. The molecule has 3 fully saturated rings. The molecule has 31 heavy (non-hydrogen) atoms. The zero-order valence-electron chi connectivity index (χ0n) is 18.3. The Labute approximate surface area is 183 Å². The first kappa shape index (κ1) is 22.2. The van der Waals surface area contributed by atoms with Crippen LogP contribution in [0.5, 0.6) is 0 Å². The molecule has 1 saturated carbocycles. The summed E-state index contributed by atoms with van der Waals surface area (Å²) in [5, 5.41) is 3.33. The maximum Gasteiger partial charge on any atom is 0.249 e. The Hall–Kier alpha value is -2.03. The number of hydrogen-bond donors (Lipinski definition) is 1. The van der Waals surface area contributed by atoms with Crippen molar-refractivity contribution in [3.8, 4) is 0 Å². The number of rotatable bonds is 7. The lowest BCUT2D eigenvalue weighted by Gasteiger charge is -2.29. The van der Waals surface area contributed by atoms with Crippen LogP contribution in [0.15, 0.2) is 24.3 Å². The molecule has 0 spiro atoms. The van der Waals surface area contributed by atoms with E-state index >= 15 is 0 Å². The van der Waals surface area contributed by atoms with Crippen molar-refractivity contribution in [2.75, 3.05) is 46.4 Å². The summed E-state index contributed by atoms with van der Waals surface area (Å²) >= 11 is 0. The predicted octanol–water partition coefficient (Wildman–Crippen LogP) is 1.23. The molecule has 2 unspecified atom stereocenters. The number of carbonyl (C=O) groups excluding carboxylic acids is 2. The summed E-state index contributed by atoms with van der Waals surface area (Å²) in [6.07, 6.45) is 3.81. The van der Waals surface area contributed by atoms with Gasteiger partial charge in [-0.05, 0) is 49.9 Å². The number of nitrogens with zero attached hydrogens (tertiary/aromatic N) is 3. The predicted molar refractivity (Wildman–Crippen MR) is 115 cm³/mol. The second-order valence-corrected chi connectivity index (χ2v) is 8.84. The third-order valence-corrected chi connectivity index (χ3v) is 6.57. The van der Waals surface area contributed by atoms with Crippen molar-refractivity contribution in [1.29, 1.82) is 0 Å². The van der Waals surface area contributed by atoms with Gasteiger partial charge in [-0.25, -0.2) is 4.39 Å². The van der Waals surface area contributed by atoms with E-state index in [1.807, 2.05) is 17.0 Å². The van der Waals surface area contributed by atoms with Crippen LogP contribution >= 0.6 is 0 Å². The van der Waals surface area contributed by atoms with Gasteiger partial charge in [-0.2, -0.15) is 0 Å². The molecule has 0 bridgehead atoms. The van der Waals surface area contributed by atoms with E-state index in [2.05, 4.69) is 10.2 Å². The lowest BCUT2D eigenvalue weighted by Crippen LogP contribution is -2.49. The van der Waals surface area contributed by atoms with E-state index in [-0.39, 0.29) is 30.3 Å². The minimum atomic E-state index is -0.444. The molecule has 1 aromatic rings. The van der Waals surface area contributed by atoms with E-state index in [1.165, 1.54) is 19.2 Å². The van der Waals surface area contributed by atoms with Gasteiger partial charge in [0.2, 0.25) is 11.8 Å². The molecule has 8 heteroatoms. The smallest absolute Gasteiger partial charge is 0.249 e. The average molecular weight is 433 g/mol. The quantitative estimate of drug-likeness (QED) is 0.702. The Morgan fingerprint density at radius 1 is 1.16 bits per heavy atom. The molecule has 1 aromatic carbocycles. The van der Waals surface area contributed by atoms with E-state index < -0.39 is 6.04 Å². The van der Waals surface area contributed by atoms with Gasteiger partial charge in [-0.15, -0.1) is 0 Å². The second kappa shape index (κ2) is 10.1. The molecule has 2 atom stereocenters. The fraction of sp³-hybridized carbons (Fsp3) is 0.652. The molecule has 170 valence electrons. The molecule has 3 aliphatic rings. The molecule has 1 N–H and O–H groups in total. The van der Waals surface area contributed by atoms with Crippen LogP contribution in [0.1, 0.15) is 31.2 Å². The minimum Gasteiger partial charge on any atom is -0.375 e. The highest BCUT2D eigenvalue weighted by atomic mass is 19.1. The molecule has 1 aliphatic carbocycles. The number of halogens is 1. The number of likely N-dealkylation sites (tertiary alicyclic amines) is 1. The Morgan fingerprint density at radius 2 is 1.94 bits per heavy atom. The van der Waals surface area contributed by atoms with Gasteiger partial charge in [0, 0.05) is 51.9 Å². The molecule has 2 saturated heterocycles. The Morgan fingerprint density at radius 3 is 2.65 bits per heavy atom. The van der Waals surface area contributed by atoms with Crippen LogP contribution in [0.3, 0.4) is 0 Å². The summed E-state index contributed by atoms with van der Waals surface area (Å²) < 4.78 is 18.4. The highest BCUT2D eigenvalue weighted by Crippen LogP contribution is 2.35. The lowest BCUT2D eigenvalue weighted by molar-refractivity contribution is -0.145. The summed E-state index contributed by atoms with van der Waals surface area (Å²) in [6.45, 7) is 4.32. The highest BCUT2D eigenvalue weighted by molar-refractivity contribution is 5.89. The third-order valence-electron chi connectivity index (χ3n) is 6.57. The van der Waals surface area contributed by atoms with E-state index in [1.54, 1.807) is 4.90 Å². The van der Waals surface area contributed by atoms with Crippen molar-refractivity contribution in [2.45, 2.75) is 50.4 Å². The summed E-state index contributed by atoms with van der Waals surface area (Å²) in [7, 11) is 1.51. The number of benzene rings is 1. The maximum atomic E-state index is 13.4. The van der Waals surface area contributed by atoms with E-state index in [9.17, 15) is 14.0 Å². The topological polar surface area (TPSA) is 65.1 Å². The maximum absolute atomic E-state index is 13.4. The van der Waals surface area contributed by atoms with Crippen molar-refractivity contribution in [1.82, 2.24) is 20.0 Å². The number of hydrogen-bond acceptors (Lipinski definition) is 5. The average Bonchev–Trinajstić information content (AvgIpc) is 3.56. The van der Waals surface area contributed by atoms with Crippen LogP contribution in [0.4, 0.5) is 4.39 Å². The molecule has 4 rings (SSSR count). The fourth-order valence-electron chi connectivity index (χ4n) is 4.81. The van der Waals surface area contributed by atoms with Crippen molar-refractivity contribution < 1.29 is 18.7 Å². The first-order valence-corrected chi connectivity index (χ1v) is 11.3. The summed E-state index contributed by atoms with van der Waals surface area (Å²) in [5.41, 5.74) is 1.05. The normalized spacial score (nSPS) is 24.5. The van der Waals surface area contributed by atoms with Crippen molar-refractivity contribution in [3.05, 3.63) is 35.6 Å². The largest absolute Gasteiger partial charge is 0.375 e. The first-order chi connectivity index (χ1) is 15.1. The molecular weight excluding hydrogens is 399 g/mol. The molecule has 0 radical (unpaired) electrons. The summed E-state index contributed by atoms with van der Waals surface area (Å²) in [5.74, 6) is -0.321.